The second kappa shape index (κ2) is 7.62. The summed E-state index contributed by atoms with van der Waals surface area (Å²) < 4.78 is 0. The SMILES string of the molecule is CC(C)CCC(C)NC(=O)N1CCSCC1C(=O)O. The fourth-order valence-electron chi connectivity index (χ4n) is 2.00. The van der Waals surface area contributed by atoms with E-state index in [-0.39, 0.29) is 12.1 Å². The van der Waals surface area contributed by atoms with Gasteiger partial charge in [0.05, 0.1) is 0 Å². The molecule has 1 heterocycles. The van der Waals surface area contributed by atoms with Crippen LogP contribution < -0.4 is 5.32 Å². The van der Waals surface area contributed by atoms with Gasteiger partial charge in [0.2, 0.25) is 0 Å². The van der Waals surface area contributed by atoms with Gasteiger partial charge in [0, 0.05) is 24.1 Å². The highest BCUT2D eigenvalue weighted by Gasteiger charge is 2.32. The molecule has 1 fully saturated rings. The van der Waals surface area contributed by atoms with Crippen LogP contribution in [0.5, 0.6) is 0 Å². The van der Waals surface area contributed by atoms with Gasteiger partial charge in [0.15, 0.2) is 0 Å². The summed E-state index contributed by atoms with van der Waals surface area (Å²) in [6, 6.07) is -0.862. The van der Waals surface area contributed by atoms with Crippen molar-refractivity contribution in [3.05, 3.63) is 0 Å². The second-order valence-corrected chi connectivity index (χ2v) is 6.59. The molecule has 0 spiro atoms. The van der Waals surface area contributed by atoms with Gasteiger partial charge < -0.3 is 15.3 Å². The van der Waals surface area contributed by atoms with E-state index in [1.807, 2.05) is 6.92 Å². The van der Waals surface area contributed by atoms with Gasteiger partial charge in [-0.2, -0.15) is 11.8 Å². The minimum Gasteiger partial charge on any atom is -0.480 e. The molecule has 0 aromatic carbocycles. The van der Waals surface area contributed by atoms with Crippen LogP contribution in [0.3, 0.4) is 0 Å². The van der Waals surface area contributed by atoms with E-state index in [2.05, 4.69) is 19.2 Å². The normalized spacial score (nSPS) is 21.3. The Morgan fingerprint density at radius 2 is 2.05 bits per heavy atom. The third kappa shape index (κ3) is 5.30. The molecule has 19 heavy (non-hydrogen) atoms. The minimum absolute atomic E-state index is 0.0823. The summed E-state index contributed by atoms with van der Waals surface area (Å²) in [4.78, 5) is 24.7. The molecule has 110 valence electrons. The standard InChI is InChI=1S/C13H24N2O3S/c1-9(2)4-5-10(3)14-13(18)15-6-7-19-8-11(15)12(16)17/h9-11H,4-8H2,1-3H3,(H,14,18)(H,16,17). The number of thioether (sulfide) groups is 1. The second-order valence-electron chi connectivity index (χ2n) is 5.44. The van der Waals surface area contributed by atoms with E-state index in [1.54, 1.807) is 11.8 Å². The monoisotopic (exact) mass is 288 g/mol. The fraction of sp³-hybridized carbons (Fsp3) is 0.846. The van der Waals surface area contributed by atoms with Crippen molar-refractivity contribution in [2.75, 3.05) is 18.1 Å². The zero-order valence-corrected chi connectivity index (χ0v) is 12.7. The van der Waals surface area contributed by atoms with Crippen LogP contribution in [0, 0.1) is 5.92 Å². The van der Waals surface area contributed by atoms with Crippen LogP contribution in [-0.2, 0) is 4.79 Å². The maximum Gasteiger partial charge on any atom is 0.327 e. The smallest absolute Gasteiger partial charge is 0.327 e. The number of hydrogen-bond donors (Lipinski definition) is 2. The molecule has 0 radical (unpaired) electrons. The van der Waals surface area contributed by atoms with Gasteiger partial charge in [-0.25, -0.2) is 9.59 Å². The van der Waals surface area contributed by atoms with Crippen LogP contribution in [0.4, 0.5) is 4.79 Å². The number of carboxylic acids is 1. The molecule has 0 bridgehead atoms. The van der Waals surface area contributed by atoms with Crippen molar-refractivity contribution in [3.63, 3.8) is 0 Å². The Kier molecular flexibility index (Phi) is 6.48. The number of amides is 2. The molecule has 0 aliphatic carbocycles. The Morgan fingerprint density at radius 1 is 1.37 bits per heavy atom. The topological polar surface area (TPSA) is 69.6 Å². The molecule has 1 saturated heterocycles. The predicted molar refractivity (Wildman–Crippen MR) is 77.5 cm³/mol. The third-order valence-electron chi connectivity index (χ3n) is 3.22. The molecule has 1 rings (SSSR count). The molecule has 1 aliphatic rings. The molecule has 2 atom stereocenters. The lowest BCUT2D eigenvalue weighted by Crippen LogP contribution is -2.55. The number of carbonyl (C=O) groups is 2. The zero-order valence-electron chi connectivity index (χ0n) is 11.9. The number of carboxylic acid groups (broad SMARTS) is 1. The molecule has 0 aromatic rings. The van der Waals surface area contributed by atoms with Crippen molar-refractivity contribution in [3.8, 4) is 0 Å². The lowest BCUT2D eigenvalue weighted by molar-refractivity contribution is -0.141. The van der Waals surface area contributed by atoms with E-state index in [4.69, 9.17) is 5.11 Å². The van der Waals surface area contributed by atoms with Crippen molar-refractivity contribution < 1.29 is 14.7 Å². The first-order chi connectivity index (χ1) is 8.91. The first kappa shape index (κ1) is 16.1. The van der Waals surface area contributed by atoms with Gasteiger partial charge in [-0.3, -0.25) is 0 Å². The number of hydrogen-bond acceptors (Lipinski definition) is 3. The molecule has 0 aromatic heterocycles. The number of aliphatic carboxylic acids is 1. The molecule has 2 N–H and O–H groups in total. The summed E-state index contributed by atoms with van der Waals surface area (Å²) in [7, 11) is 0. The van der Waals surface area contributed by atoms with Crippen LogP contribution in [0.25, 0.3) is 0 Å². The van der Waals surface area contributed by atoms with Crippen LogP contribution in [0.2, 0.25) is 0 Å². The number of nitrogens with zero attached hydrogens (tertiary/aromatic N) is 1. The molecule has 6 heteroatoms. The summed E-state index contributed by atoms with van der Waals surface area (Å²) in [5.41, 5.74) is 0. The maximum atomic E-state index is 12.1. The quantitative estimate of drug-likeness (QED) is 0.812. The number of rotatable bonds is 5. The van der Waals surface area contributed by atoms with E-state index in [0.717, 1.165) is 18.6 Å². The van der Waals surface area contributed by atoms with Gasteiger partial charge in [-0.15, -0.1) is 0 Å². The Hall–Kier alpha value is -0.910. The molecule has 5 nitrogen and oxygen atoms in total. The summed E-state index contributed by atoms with van der Waals surface area (Å²) >= 11 is 1.58. The van der Waals surface area contributed by atoms with Gasteiger partial charge in [0.1, 0.15) is 6.04 Å². The van der Waals surface area contributed by atoms with E-state index in [9.17, 15) is 9.59 Å². The Bertz CT molecular complexity index is 323. The minimum atomic E-state index is -0.919. The van der Waals surface area contributed by atoms with Gasteiger partial charge in [0.25, 0.3) is 0 Å². The predicted octanol–water partition coefficient (Wildman–Crippen LogP) is 2.02. The number of urea groups is 1. The van der Waals surface area contributed by atoms with Crippen LogP contribution in [0.15, 0.2) is 0 Å². The number of carbonyl (C=O) groups excluding carboxylic acids is 1. The molecule has 1 aliphatic heterocycles. The maximum absolute atomic E-state index is 12.1. The van der Waals surface area contributed by atoms with Crippen molar-refractivity contribution in [1.82, 2.24) is 10.2 Å². The van der Waals surface area contributed by atoms with E-state index in [1.165, 1.54) is 4.90 Å². The van der Waals surface area contributed by atoms with Crippen LogP contribution in [-0.4, -0.2) is 52.1 Å². The Morgan fingerprint density at radius 3 is 2.63 bits per heavy atom. The lowest BCUT2D eigenvalue weighted by Gasteiger charge is -2.33. The summed E-state index contributed by atoms with van der Waals surface area (Å²) in [5, 5.41) is 12.0. The summed E-state index contributed by atoms with van der Waals surface area (Å²) in [6.07, 6.45) is 1.98. The average molecular weight is 288 g/mol. The molecule has 2 amide bonds. The summed E-state index contributed by atoms with van der Waals surface area (Å²) in [6.45, 7) is 6.77. The van der Waals surface area contributed by atoms with Crippen molar-refractivity contribution in [2.24, 2.45) is 5.92 Å². The highest BCUT2D eigenvalue weighted by Crippen LogP contribution is 2.17. The molecule has 2 unspecified atom stereocenters. The summed E-state index contributed by atoms with van der Waals surface area (Å²) in [5.74, 6) is 0.968. The highest BCUT2D eigenvalue weighted by molar-refractivity contribution is 7.99. The van der Waals surface area contributed by atoms with Crippen molar-refractivity contribution in [2.45, 2.75) is 45.7 Å². The largest absolute Gasteiger partial charge is 0.480 e. The van der Waals surface area contributed by atoms with Gasteiger partial charge in [-0.1, -0.05) is 13.8 Å². The highest BCUT2D eigenvalue weighted by atomic mass is 32.2. The average Bonchev–Trinajstić information content (AvgIpc) is 2.36. The third-order valence-corrected chi connectivity index (χ3v) is 4.24. The van der Waals surface area contributed by atoms with Crippen molar-refractivity contribution in [1.29, 1.82) is 0 Å². The molecular weight excluding hydrogens is 264 g/mol. The molecule has 0 saturated carbocycles. The van der Waals surface area contributed by atoms with Crippen LogP contribution in [0.1, 0.15) is 33.6 Å². The lowest BCUT2D eigenvalue weighted by atomic mass is 10.0. The molecular formula is C13H24N2O3S. The van der Waals surface area contributed by atoms with E-state index < -0.39 is 12.0 Å². The first-order valence-electron chi connectivity index (χ1n) is 6.79. The Balaban J connectivity index is 2.48. The van der Waals surface area contributed by atoms with E-state index >= 15 is 0 Å². The van der Waals surface area contributed by atoms with Crippen LogP contribution >= 0.6 is 11.8 Å². The van der Waals surface area contributed by atoms with E-state index in [0.29, 0.717) is 18.2 Å². The van der Waals surface area contributed by atoms with Gasteiger partial charge in [-0.05, 0) is 25.7 Å². The zero-order chi connectivity index (χ0) is 14.4. The number of nitrogens with one attached hydrogen (secondary N) is 1. The fourth-order valence-corrected chi connectivity index (χ4v) is 3.04. The van der Waals surface area contributed by atoms with Crippen molar-refractivity contribution >= 4 is 23.8 Å². The van der Waals surface area contributed by atoms with Gasteiger partial charge >= 0.3 is 12.0 Å². The Labute approximate surface area is 119 Å². The first-order valence-corrected chi connectivity index (χ1v) is 7.95.